The van der Waals surface area contributed by atoms with Crippen molar-refractivity contribution in [2.24, 2.45) is 5.92 Å². The molecule has 0 bridgehead atoms. The fraction of sp³-hybridized carbons (Fsp3) is 0.625. The van der Waals surface area contributed by atoms with Crippen LogP contribution in [0.1, 0.15) is 37.8 Å². The van der Waals surface area contributed by atoms with Gasteiger partial charge in [-0.3, -0.25) is 4.90 Å². The number of halogens is 2. The van der Waals surface area contributed by atoms with Crippen molar-refractivity contribution in [2.45, 2.75) is 32.2 Å². The highest BCUT2D eigenvalue weighted by atomic mass is 79.9. The third kappa shape index (κ3) is 4.06. The van der Waals surface area contributed by atoms with E-state index in [0.717, 1.165) is 22.0 Å². The van der Waals surface area contributed by atoms with Crippen molar-refractivity contribution in [3.05, 3.63) is 32.7 Å². The molecule has 1 fully saturated rings. The summed E-state index contributed by atoms with van der Waals surface area (Å²) in [5, 5.41) is 3.54. The van der Waals surface area contributed by atoms with Crippen LogP contribution in [0.3, 0.4) is 0 Å². The lowest BCUT2D eigenvalue weighted by Crippen LogP contribution is -2.34. The van der Waals surface area contributed by atoms with Crippen LogP contribution in [0.5, 0.6) is 0 Å². The lowest BCUT2D eigenvalue weighted by molar-refractivity contribution is 0.189. The molecular weight excluding hydrogens is 380 g/mol. The largest absolute Gasteiger partial charge is 0.317 e. The normalized spacial score (nSPS) is 24.6. The predicted molar refractivity (Wildman–Crippen MR) is 93.1 cm³/mol. The van der Waals surface area contributed by atoms with Gasteiger partial charge in [-0.2, -0.15) is 0 Å². The standard InChI is InChI=1S/C16H24Br2N2/c1-3-19-11-13-6-4-5-9-20(2)16(13)12-7-8-14(17)15(18)10-12/h7-8,10,13,16,19H,3-6,9,11H2,1-2H3. The molecule has 1 aromatic carbocycles. The molecule has 2 nitrogen and oxygen atoms in total. The van der Waals surface area contributed by atoms with Gasteiger partial charge in [-0.1, -0.05) is 19.4 Å². The zero-order valence-electron chi connectivity index (χ0n) is 12.3. The molecule has 0 spiro atoms. The molecule has 1 aliphatic heterocycles. The van der Waals surface area contributed by atoms with Crippen LogP contribution in [-0.4, -0.2) is 31.6 Å². The summed E-state index contributed by atoms with van der Waals surface area (Å²) in [6.45, 7) is 5.54. The Labute approximate surface area is 139 Å². The fourth-order valence-electron chi connectivity index (χ4n) is 3.19. The highest BCUT2D eigenvalue weighted by Gasteiger charge is 2.28. The van der Waals surface area contributed by atoms with Gasteiger partial charge in [0.05, 0.1) is 0 Å². The van der Waals surface area contributed by atoms with Crippen LogP contribution in [-0.2, 0) is 0 Å². The first kappa shape index (κ1) is 16.5. The summed E-state index contributed by atoms with van der Waals surface area (Å²) >= 11 is 7.21. The number of likely N-dealkylation sites (tertiary alicyclic amines) is 1. The summed E-state index contributed by atoms with van der Waals surface area (Å²) in [4.78, 5) is 2.53. The van der Waals surface area contributed by atoms with Gasteiger partial charge in [-0.25, -0.2) is 0 Å². The van der Waals surface area contributed by atoms with Gasteiger partial charge in [-0.05, 0) is 95.0 Å². The second kappa shape index (κ2) is 7.92. The molecule has 0 aliphatic carbocycles. The number of benzene rings is 1. The number of hydrogen-bond donors (Lipinski definition) is 1. The summed E-state index contributed by atoms with van der Waals surface area (Å²) in [6.07, 6.45) is 3.97. The third-order valence-corrected chi connectivity index (χ3v) is 6.08. The monoisotopic (exact) mass is 402 g/mol. The molecule has 0 amide bonds. The maximum Gasteiger partial charge on any atom is 0.0385 e. The van der Waals surface area contributed by atoms with E-state index >= 15 is 0 Å². The Morgan fingerprint density at radius 3 is 2.75 bits per heavy atom. The molecule has 0 saturated carbocycles. The lowest BCUT2D eigenvalue weighted by atomic mass is 9.89. The van der Waals surface area contributed by atoms with Crippen LogP contribution in [0.25, 0.3) is 0 Å². The molecule has 1 aliphatic rings. The van der Waals surface area contributed by atoms with Crippen molar-refractivity contribution >= 4 is 31.9 Å². The number of hydrogen-bond acceptors (Lipinski definition) is 2. The van der Waals surface area contributed by atoms with Crippen molar-refractivity contribution in [2.75, 3.05) is 26.7 Å². The van der Waals surface area contributed by atoms with Crippen LogP contribution >= 0.6 is 31.9 Å². The first-order valence-corrected chi connectivity index (χ1v) is 9.08. The van der Waals surface area contributed by atoms with E-state index in [0.29, 0.717) is 12.0 Å². The molecule has 1 aromatic rings. The van der Waals surface area contributed by atoms with Crippen molar-refractivity contribution < 1.29 is 0 Å². The van der Waals surface area contributed by atoms with Crippen molar-refractivity contribution in [1.29, 1.82) is 0 Å². The van der Waals surface area contributed by atoms with E-state index in [4.69, 9.17) is 0 Å². The SMILES string of the molecule is CCNCC1CCCCN(C)C1c1ccc(Br)c(Br)c1. The first-order chi connectivity index (χ1) is 9.63. The van der Waals surface area contributed by atoms with Crippen LogP contribution in [0.15, 0.2) is 27.1 Å². The van der Waals surface area contributed by atoms with Crippen molar-refractivity contribution in [3.8, 4) is 0 Å². The number of nitrogens with zero attached hydrogens (tertiary/aromatic N) is 1. The van der Waals surface area contributed by atoms with Crippen LogP contribution < -0.4 is 5.32 Å². The molecule has 1 saturated heterocycles. The van der Waals surface area contributed by atoms with Gasteiger partial charge in [0.1, 0.15) is 0 Å². The highest BCUT2D eigenvalue weighted by Crippen LogP contribution is 2.36. The Bertz CT molecular complexity index is 436. The van der Waals surface area contributed by atoms with E-state index in [1.165, 1.54) is 31.4 Å². The highest BCUT2D eigenvalue weighted by molar-refractivity contribution is 9.13. The molecule has 20 heavy (non-hydrogen) atoms. The van der Waals surface area contributed by atoms with Crippen molar-refractivity contribution in [3.63, 3.8) is 0 Å². The number of nitrogens with one attached hydrogen (secondary N) is 1. The Hall–Kier alpha value is 0.1000. The predicted octanol–water partition coefficient (Wildman–Crippen LogP) is 4.59. The summed E-state index contributed by atoms with van der Waals surface area (Å²) in [5.41, 5.74) is 1.42. The zero-order valence-corrected chi connectivity index (χ0v) is 15.5. The van der Waals surface area contributed by atoms with Gasteiger partial charge in [0.2, 0.25) is 0 Å². The summed E-state index contributed by atoms with van der Waals surface area (Å²) in [5.74, 6) is 0.690. The van der Waals surface area contributed by atoms with E-state index in [1.807, 2.05) is 0 Å². The third-order valence-electron chi connectivity index (χ3n) is 4.20. The van der Waals surface area contributed by atoms with Gasteiger partial charge in [-0.15, -0.1) is 0 Å². The van der Waals surface area contributed by atoms with E-state index < -0.39 is 0 Å². The molecule has 0 aromatic heterocycles. The second-order valence-corrected chi connectivity index (χ2v) is 7.37. The molecule has 2 unspecified atom stereocenters. The van der Waals surface area contributed by atoms with Gasteiger partial charge in [0, 0.05) is 15.0 Å². The molecule has 2 atom stereocenters. The molecule has 4 heteroatoms. The number of rotatable bonds is 4. The quantitative estimate of drug-likeness (QED) is 0.790. The minimum atomic E-state index is 0.515. The Balaban J connectivity index is 2.26. The topological polar surface area (TPSA) is 15.3 Å². The average Bonchev–Trinajstić information content (AvgIpc) is 2.61. The maximum absolute atomic E-state index is 3.64. The van der Waals surface area contributed by atoms with Gasteiger partial charge in [0.15, 0.2) is 0 Å². The van der Waals surface area contributed by atoms with Crippen LogP contribution in [0, 0.1) is 5.92 Å². The minimum absolute atomic E-state index is 0.515. The van der Waals surface area contributed by atoms with Gasteiger partial charge < -0.3 is 5.32 Å². The van der Waals surface area contributed by atoms with E-state index in [9.17, 15) is 0 Å². The molecule has 112 valence electrons. The van der Waals surface area contributed by atoms with Crippen LogP contribution in [0.2, 0.25) is 0 Å². The Morgan fingerprint density at radius 1 is 1.25 bits per heavy atom. The average molecular weight is 404 g/mol. The van der Waals surface area contributed by atoms with E-state index in [-0.39, 0.29) is 0 Å². The molecular formula is C16H24Br2N2. The van der Waals surface area contributed by atoms with Crippen molar-refractivity contribution in [1.82, 2.24) is 10.2 Å². The molecule has 1 heterocycles. The molecule has 1 N–H and O–H groups in total. The summed E-state index contributed by atoms with van der Waals surface area (Å²) in [7, 11) is 2.27. The maximum atomic E-state index is 3.64. The Morgan fingerprint density at radius 2 is 2.05 bits per heavy atom. The van der Waals surface area contributed by atoms with Gasteiger partial charge in [0.25, 0.3) is 0 Å². The molecule has 2 rings (SSSR count). The summed E-state index contributed by atoms with van der Waals surface area (Å²) < 4.78 is 2.27. The Kier molecular flexibility index (Phi) is 6.53. The summed E-state index contributed by atoms with van der Waals surface area (Å²) in [6, 6.07) is 7.21. The smallest absolute Gasteiger partial charge is 0.0385 e. The second-order valence-electron chi connectivity index (χ2n) is 5.66. The van der Waals surface area contributed by atoms with E-state index in [2.05, 4.69) is 74.2 Å². The van der Waals surface area contributed by atoms with E-state index in [1.54, 1.807) is 0 Å². The first-order valence-electron chi connectivity index (χ1n) is 7.49. The zero-order chi connectivity index (χ0) is 14.5. The molecule has 0 radical (unpaired) electrons. The fourth-order valence-corrected chi connectivity index (χ4v) is 3.83. The lowest BCUT2D eigenvalue weighted by Gasteiger charge is -2.33. The minimum Gasteiger partial charge on any atom is -0.317 e. The van der Waals surface area contributed by atoms with Gasteiger partial charge >= 0.3 is 0 Å². The van der Waals surface area contributed by atoms with Crippen LogP contribution in [0.4, 0.5) is 0 Å².